The van der Waals surface area contributed by atoms with Crippen LogP contribution in [0.1, 0.15) is 19.3 Å². The van der Waals surface area contributed by atoms with Crippen LogP contribution in [0.4, 0.5) is 4.79 Å². The molecule has 1 fully saturated rings. The number of rotatable bonds is 2. The van der Waals surface area contributed by atoms with Crippen molar-refractivity contribution in [2.75, 3.05) is 0 Å². The van der Waals surface area contributed by atoms with Crippen LogP contribution in [0.25, 0.3) is 0 Å². The summed E-state index contributed by atoms with van der Waals surface area (Å²) in [5.41, 5.74) is 0. The fraction of sp³-hybridized carbons (Fsp3) is 0.625. The van der Waals surface area contributed by atoms with E-state index in [2.05, 4.69) is 4.74 Å². The first-order chi connectivity index (χ1) is 7.00. The summed E-state index contributed by atoms with van der Waals surface area (Å²) in [4.78, 5) is 31.7. The van der Waals surface area contributed by atoms with Crippen molar-refractivity contribution in [2.45, 2.75) is 31.5 Å². The summed E-state index contributed by atoms with van der Waals surface area (Å²) >= 11 is 0. The van der Waals surface area contributed by atoms with Gasteiger partial charge in [-0.15, -0.1) is 0 Å². The molecule has 1 rings (SSSR count). The summed E-state index contributed by atoms with van der Waals surface area (Å²) in [5, 5.41) is 16.8. The topological polar surface area (TPSA) is 110 Å². The SMILES string of the molecule is O=C(O)OC(=O)C1CCCC(C(=O)O)O1. The predicted molar refractivity (Wildman–Crippen MR) is 44.3 cm³/mol. The van der Waals surface area contributed by atoms with Crippen LogP contribution < -0.4 is 0 Å². The first kappa shape index (κ1) is 11.4. The highest BCUT2D eigenvalue weighted by molar-refractivity contribution is 5.84. The molecule has 1 aliphatic heterocycles. The van der Waals surface area contributed by atoms with Crippen molar-refractivity contribution < 1.29 is 34.1 Å². The zero-order valence-electron chi connectivity index (χ0n) is 7.71. The van der Waals surface area contributed by atoms with Gasteiger partial charge in [0.25, 0.3) is 0 Å². The Morgan fingerprint density at radius 1 is 1.13 bits per heavy atom. The highest BCUT2D eigenvalue weighted by atomic mass is 16.7. The minimum Gasteiger partial charge on any atom is -0.479 e. The van der Waals surface area contributed by atoms with E-state index in [1.54, 1.807) is 0 Å². The molecule has 0 radical (unpaired) electrons. The molecule has 0 aromatic carbocycles. The van der Waals surface area contributed by atoms with Crippen molar-refractivity contribution in [3.05, 3.63) is 0 Å². The van der Waals surface area contributed by atoms with E-state index in [1.807, 2.05) is 0 Å². The van der Waals surface area contributed by atoms with Gasteiger partial charge in [0.2, 0.25) is 0 Å². The van der Waals surface area contributed by atoms with Crippen molar-refractivity contribution in [1.29, 1.82) is 0 Å². The van der Waals surface area contributed by atoms with Gasteiger partial charge in [-0.1, -0.05) is 0 Å². The first-order valence-electron chi connectivity index (χ1n) is 4.33. The van der Waals surface area contributed by atoms with Gasteiger partial charge in [-0.3, -0.25) is 0 Å². The Balaban J connectivity index is 2.52. The third-order valence-electron chi connectivity index (χ3n) is 1.99. The number of carbonyl (C=O) groups excluding carboxylic acids is 1. The molecule has 15 heavy (non-hydrogen) atoms. The first-order valence-corrected chi connectivity index (χ1v) is 4.33. The lowest BCUT2D eigenvalue weighted by Crippen LogP contribution is -2.39. The average molecular weight is 218 g/mol. The van der Waals surface area contributed by atoms with Crippen LogP contribution >= 0.6 is 0 Å². The van der Waals surface area contributed by atoms with Crippen LogP contribution in [0.3, 0.4) is 0 Å². The van der Waals surface area contributed by atoms with Crippen molar-refractivity contribution in [3.8, 4) is 0 Å². The second kappa shape index (κ2) is 4.74. The lowest BCUT2D eigenvalue weighted by atomic mass is 10.0. The largest absolute Gasteiger partial charge is 0.513 e. The fourth-order valence-electron chi connectivity index (χ4n) is 1.33. The van der Waals surface area contributed by atoms with Gasteiger partial charge in [0, 0.05) is 0 Å². The van der Waals surface area contributed by atoms with Gasteiger partial charge >= 0.3 is 18.1 Å². The third-order valence-corrected chi connectivity index (χ3v) is 1.99. The zero-order valence-corrected chi connectivity index (χ0v) is 7.71. The van der Waals surface area contributed by atoms with Crippen LogP contribution in [0.5, 0.6) is 0 Å². The van der Waals surface area contributed by atoms with E-state index in [1.165, 1.54) is 0 Å². The lowest BCUT2D eigenvalue weighted by molar-refractivity contribution is -0.171. The summed E-state index contributed by atoms with van der Waals surface area (Å²) in [5.74, 6) is -2.23. The van der Waals surface area contributed by atoms with Crippen LogP contribution in [-0.2, 0) is 19.1 Å². The van der Waals surface area contributed by atoms with Crippen molar-refractivity contribution in [1.82, 2.24) is 0 Å². The van der Waals surface area contributed by atoms with Crippen molar-refractivity contribution in [3.63, 3.8) is 0 Å². The Hall–Kier alpha value is -1.63. The number of aliphatic carboxylic acids is 1. The number of carbonyl (C=O) groups is 3. The molecule has 0 aromatic rings. The molecule has 0 aromatic heterocycles. The Morgan fingerprint density at radius 2 is 1.73 bits per heavy atom. The molecule has 1 saturated heterocycles. The Labute approximate surface area is 84.6 Å². The summed E-state index contributed by atoms with van der Waals surface area (Å²) < 4.78 is 8.75. The van der Waals surface area contributed by atoms with E-state index in [0.717, 1.165) is 0 Å². The molecule has 2 N–H and O–H groups in total. The molecule has 7 heteroatoms. The van der Waals surface area contributed by atoms with Crippen LogP contribution in [-0.4, -0.2) is 40.5 Å². The molecule has 0 aliphatic carbocycles. The zero-order chi connectivity index (χ0) is 11.4. The molecular formula is C8H10O7. The highest BCUT2D eigenvalue weighted by Crippen LogP contribution is 2.20. The lowest BCUT2D eigenvalue weighted by Gasteiger charge is -2.25. The van der Waals surface area contributed by atoms with Crippen LogP contribution in [0, 0.1) is 0 Å². The number of ether oxygens (including phenoxy) is 2. The fourth-order valence-corrected chi connectivity index (χ4v) is 1.33. The predicted octanol–water partition coefficient (Wildman–Crippen LogP) is 0.230. The molecule has 2 atom stereocenters. The third kappa shape index (κ3) is 3.21. The standard InChI is InChI=1S/C8H10O7/c9-6(10)4-2-1-3-5(14-4)7(11)15-8(12)13/h4-5H,1-3H2,(H,9,10)(H,12,13). The Kier molecular flexibility index (Phi) is 3.62. The number of carboxylic acids is 1. The summed E-state index contributed by atoms with van der Waals surface area (Å²) in [6.07, 6.45) is -2.82. The van der Waals surface area contributed by atoms with Crippen molar-refractivity contribution in [2.24, 2.45) is 0 Å². The molecule has 0 saturated carbocycles. The quantitative estimate of drug-likeness (QED) is 0.504. The molecule has 0 amide bonds. The van der Waals surface area contributed by atoms with Crippen LogP contribution in [0.2, 0.25) is 0 Å². The molecule has 84 valence electrons. The van der Waals surface area contributed by atoms with Crippen molar-refractivity contribution >= 4 is 18.1 Å². The van der Waals surface area contributed by atoms with Gasteiger partial charge in [0.05, 0.1) is 0 Å². The second-order valence-corrected chi connectivity index (χ2v) is 3.07. The molecular weight excluding hydrogens is 208 g/mol. The summed E-state index contributed by atoms with van der Waals surface area (Å²) in [6, 6.07) is 0. The number of carboxylic acid groups (broad SMARTS) is 2. The molecule has 7 nitrogen and oxygen atoms in total. The normalized spacial score (nSPS) is 25.6. The Bertz CT molecular complexity index is 285. The second-order valence-electron chi connectivity index (χ2n) is 3.07. The van der Waals surface area contributed by atoms with Gasteiger partial charge in [-0.2, -0.15) is 0 Å². The van der Waals surface area contributed by atoms with E-state index in [-0.39, 0.29) is 6.42 Å². The van der Waals surface area contributed by atoms with Gasteiger partial charge < -0.3 is 19.7 Å². The van der Waals surface area contributed by atoms with E-state index >= 15 is 0 Å². The number of hydrogen-bond acceptors (Lipinski definition) is 5. The molecule has 1 aliphatic rings. The van der Waals surface area contributed by atoms with Gasteiger partial charge in [-0.05, 0) is 19.3 Å². The summed E-state index contributed by atoms with van der Waals surface area (Å²) in [6.45, 7) is 0. The highest BCUT2D eigenvalue weighted by Gasteiger charge is 2.33. The maximum atomic E-state index is 11.1. The molecule has 0 spiro atoms. The van der Waals surface area contributed by atoms with Crippen LogP contribution in [0.15, 0.2) is 0 Å². The summed E-state index contributed by atoms with van der Waals surface area (Å²) in [7, 11) is 0. The number of esters is 1. The Morgan fingerprint density at radius 3 is 2.27 bits per heavy atom. The molecule has 1 heterocycles. The minimum atomic E-state index is -1.72. The smallest absolute Gasteiger partial charge is 0.479 e. The number of hydrogen-bond donors (Lipinski definition) is 2. The minimum absolute atomic E-state index is 0.274. The van der Waals surface area contributed by atoms with Gasteiger partial charge in [0.15, 0.2) is 12.2 Å². The molecule has 0 bridgehead atoms. The van der Waals surface area contributed by atoms with E-state index in [9.17, 15) is 14.4 Å². The monoisotopic (exact) mass is 218 g/mol. The maximum Gasteiger partial charge on any atom is 0.513 e. The maximum absolute atomic E-state index is 11.1. The molecule has 2 unspecified atom stereocenters. The van der Waals surface area contributed by atoms with E-state index in [0.29, 0.717) is 12.8 Å². The van der Waals surface area contributed by atoms with E-state index < -0.39 is 30.3 Å². The van der Waals surface area contributed by atoms with E-state index in [4.69, 9.17) is 14.9 Å². The van der Waals surface area contributed by atoms with Gasteiger partial charge in [-0.25, -0.2) is 14.4 Å². The van der Waals surface area contributed by atoms with Gasteiger partial charge in [0.1, 0.15) is 0 Å². The average Bonchev–Trinajstić information content (AvgIpc) is 2.17.